The predicted molar refractivity (Wildman–Crippen MR) is 191 cm³/mol. The second-order valence-electron chi connectivity index (χ2n) is 13.1. The molecule has 3 amide bonds. The van der Waals surface area contributed by atoms with Crippen molar-refractivity contribution < 1.29 is 24.2 Å². The second-order valence-corrected chi connectivity index (χ2v) is 14.6. The Kier molecular flexibility index (Phi) is 10.4. The monoisotopic (exact) mass is 686 g/mol. The molecule has 0 saturated carbocycles. The number of hydrogen-bond donors (Lipinski definition) is 1. The van der Waals surface area contributed by atoms with Crippen molar-refractivity contribution in [1.29, 1.82) is 0 Å². The number of unbranched alkanes of at least 4 members (excludes halogenated alkanes) is 2. The van der Waals surface area contributed by atoms with E-state index < -0.39 is 22.6 Å². The summed E-state index contributed by atoms with van der Waals surface area (Å²) < 4.78 is 6.55. The zero-order chi connectivity index (χ0) is 34.7. The average molecular weight is 687 g/mol. The van der Waals surface area contributed by atoms with Crippen LogP contribution in [0.4, 0.5) is 5.69 Å². The number of para-hydroxylation sites is 1. The minimum atomic E-state index is -0.779. The van der Waals surface area contributed by atoms with E-state index >= 15 is 0 Å². The predicted octanol–water partition coefficient (Wildman–Crippen LogP) is 4.52. The molecule has 4 heterocycles. The van der Waals surface area contributed by atoms with Crippen LogP contribution in [0.15, 0.2) is 73.8 Å². The number of rotatable bonds is 16. The molecule has 6 atom stereocenters. The zero-order valence-corrected chi connectivity index (χ0v) is 29.1. The van der Waals surface area contributed by atoms with E-state index in [0.29, 0.717) is 37.4 Å². The number of aromatic nitrogens is 3. The van der Waals surface area contributed by atoms with E-state index in [-0.39, 0.29) is 55.3 Å². The lowest BCUT2D eigenvalue weighted by Crippen LogP contribution is -2.57. The number of fused-ring (bicyclic) bond motifs is 2. The first-order valence-corrected chi connectivity index (χ1v) is 18.1. The number of benzene rings is 2. The maximum absolute atomic E-state index is 15.0. The summed E-state index contributed by atoms with van der Waals surface area (Å²) >= 11 is 1.66. The minimum absolute atomic E-state index is 0.0213. The summed E-state index contributed by atoms with van der Waals surface area (Å²) in [5.74, 6) is -0.958. The van der Waals surface area contributed by atoms with Gasteiger partial charge in [-0.2, -0.15) is 0 Å². The molecule has 12 heteroatoms. The van der Waals surface area contributed by atoms with Crippen LogP contribution in [0.3, 0.4) is 0 Å². The molecule has 49 heavy (non-hydrogen) atoms. The molecule has 2 aromatic carbocycles. The van der Waals surface area contributed by atoms with Gasteiger partial charge < -0.3 is 24.5 Å². The molecule has 11 nitrogen and oxygen atoms in total. The van der Waals surface area contributed by atoms with Gasteiger partial charge in [-0.05, 0) is 74.9 Å². The number of carbonyl (C=O) groups is 3. The number of ether oxygens (including phenoxy) is 1. The van der Waals surface area contributed by atoms with Crippen LogP contribution >= 0.6 is 11.8 Å². The van der Waals surface area contributed by atoms with Gasteiger partial charge in [0, 0.05) is 37.2 Å². The average Bonchev–Trinajstić information content (AvgIpc) is 3.83. The topological polar surface area (TPSA) is 121 Å². The maximum atomic E-state index is 15.0. The van der Waals surface area contributed by atoms with Crippen LogP contribution in [-0.4, -0.2) is 96.5 Å². The molecule has 3 aromatic rings. The van der Waals surface area contributed by atoms with E-state index in [1.807, 2.05) is 55.5 Å². The van der Waals surface area contributed by atoms with E-state index in [0.717, 1.165) is 23.9 Å². The number of aliphatic hydroxyl groups excluding tert-OH is 1. The standard InChI is InChI=1S/C37H46N6O5S/c1-5-19-40(24-43-29-14-10-9-13-28(29)38-39-43)36(47)33-37-25(4)23-30(49-37)31(32(37)35(46)42(33)21-11-8-12-22-44)34(45)41(20-6-2)26-15-17-27(18-16-26)48-7-3/h5-6,9-10,13-18,25,30-33,44H,1-2,7-8,11-12,19-24H2,3-4H3/t25?,30-,31+,32-,33?,37?/m0/s1. The zero-order valence-electron chi connectivity index (χ0n) is 28.3. The van der Waals surface area contributed by atoms with Gasteiger partial charge in [0.1, 0.15) is 24.0 Å². The fourth-order valence-electron chi connectivity index (χ4n) is 8.14. The van der Waals surface area contributed by atoms with Crippen LogP contribution in [0, 0.1) is 17.8 Å². The Balaban J connectivity index is 1.36. The number of amides is 3. The summed E-state index contributed by atoms with van der Waals surface area (Å²) in [6.07, 6.45) is 6.10. The Hall–Kier alpha value is -4.16. The molecule has 3 aliphatic heterocycles. The Labute approximate surface area is 291 Å². The highest BCUT2D eigenvalue weighted by Gasteiger charge is 2.76. The van der Waals surface area contributed by atoms with Gasteiger partial charge in [-0.3, -0.25) is 14.4 Å². The van der Waals surface area contributed by atoms with E-state index in [1.165, 1.54) is 0 Å². The molecule has 1 N–H and O–H groups in total. The van der Waals surface area contributed by atoms with Gasteiger partial charge in [0.25, 0.3) is 0 Å². The molecule has 260 valence electrons. The van der Waals surface area contributed by atoms with Gasteiger partial charge in [0.2, 0.25) is 17.7 Å². The highest BCUT2D eigenvalue weighted by molar-refractivity contribution is 8.02. The summed E-state index contributed by atoms with van der Waals surface area (Å²) in [5, 5.41) is 17.9. The largest absolute Gasteiger partial charge is 0.494 e. The molecule has 6 rings (SSSR count). The van der Waals surface area contributed by atoms with Crippen LogP contribution in [-0.2, 0) is 21.1 Å². The van der Waals surface area contributed by atoms with Gasteiger partial charge in [-0.15, -0.1) is 30.0 Å². The van der Waals surface area contributed by atoms with Crippen molar-refractivity contribution in [2.75, 3.05) is 37.7 Å². The fraction of sp³-hybridized carbons (Fsp3) is 0.486. The third-order valence-electron chi connectivity index (χ3n) is 10.2. The number of likely N-dealkylation sites (tertiary alicyclic amines) is 1. The normalized spacial score (nSPS) is 25.4. The minimum Gasteiger partial charge on any atom is -0.494 e. The van der Waals surface area contributed by atoms with Crippen molar-refractivity contribution in [3.8, 4) is 5.75 Å². The van der Waals surface area contributed by atoms with E-state index in [9.17, 15) is 19.5 Å². The molecular formula is C37H46N6O5S. The molecule has 3 saturated heterocycles. The Morgan fingerprint density at radius 2 is 1.84 bits per heavy atom. The summed E-state index contributed by atoms with van der Waals surface area (Å²) in [5.41, 5.74) is 2.24. The Morgan fingerprint density at radius 1 is 1.08 bits per heavy atom. The highest BCUT2D eigenvalue weighted by Crippen LogP contribution is 2.69. The number of aliphatic hydroxyl groups is 1. The molecule has 1 spiro atoms. The number of nitrogens with zero attached hydrogens (tertiary/aromatic N) is 6. The summed E-state index contributed by atoms with van der Waals surface area (Å²) in [7, 11) is 0. The fourth-order valence-corrected chi connectivity index (χ4v) is 10.6. The molecule has 3 fully saturated rings. The summed E-state index contributed by atoms with van der Waals surface area (Å²) in [4.78, 5) is 49.6. The smallest absolute Gasteiger partial charge is 0.248 e. The van der Waals surface area contributed by atoms with Crippen LogP contribution in [0.5, 0.6) is 5.75 Å². The van der Waals surface area contributed by atoms with Crippen LogP contribution in [0.1, 0.15) is 39.5 Å². The molecule has 2 bridgehead atoms. The highest BCUT2D eigenvalue weighted by atomic mass is 32.2. The van der Waals surface area contributed by atoms with Crippen molar-refractivity contribution in [2.24, 2.45) is 17.8 Å². The number of hydrogen-bond acceptors (Lipinski definition) is 8. The quantitative estimate of drug-likeness (QED) is 0.173. The van der Waals surface area contributed by atoms with E-state index in [2.05, 4.69) is 30.4 Å². The lowest BCUT2D eigenvalue weighted by molar-refractivity contribution is -0.143. The van der Waals surface area contributed by atoms with Gasteiger partial charge >= 0.3 is 0 Å². The van der Waals surface area contributed by atoms with Crippen molar-refractivity contribution >= 4 is 46.2 Å². The number of carbonyl (C=O) groups excluding carboxylic acids is 3. The Morgan fingerprint density at radius 3 is 2.55 bits per heavy atom. The van der Waals surface area contributed by atoms with Gasteiger partial charge in [-0.25, -0.2) is 4.68 Å². The third kappa shape index (κ3) is 6.14. The molecule has 3 aliphatic rings. The van der Waals surface area contributed by atoms with Crippen LogP contribution in [0.25, 0.3) is 11.0 Å². The van der Waals surface area contributed by atoms with Crippen molar-refractivity contribution in [3.05, 3.63) is 73.8 Å². The van der Waals surface area contributed by atoms with E-state index in [1.54, 1.807) is 43.3 Å². The number of thioether (sulfide) groups is 1. The summed E-state index contributed by atoms with van der Waals surface area (Å²) in [6.45, 7) is 13.6. The van der Waals surface area contributed by atoms with Crippen molar-refractivity contribution in [3.63, 3.8) is 0 Å². The molecule has 3 unspecified atom stereocenters. The van der Waals surface area contributed by atoms with Crippen molar-refractivity contribution in [2.45, 2.75) is 62.2 Å². The summed E-state index contributed by atoms with van der Waals surface area (Å²) in [6, 6.07) is 14.2. The second kappa shape index (κ2) is 14.8. The first-order chi connectivity index (χ1) is 23.8. The van der Waals surface area contributed by atoms with Crippen molar-refractivity contribution in [1.82, 2.24) is 24.8 Å². The first kappa shape index (κ1) is 34.7. The third-order valence-corrected chi connectivity index (χ3v) is 12.3. The van der Waals surface area contributed by atoms with E-state index in [4.69, 9.17) is 4.74 Å². The molecule has 0 radical (unpaired) electrons. The lowest BCUT2D eigenvalue weighted by atomic mass is 9.65. The molecule has 0 aliphatic carbocycles. The van der Waals surface area contributed by atoms with Crippen LogP contribution in [0.2, 0.25) is 0 Å². The maximum Gasteiger partial charge on any atom is 0.248 e. The first-order valence-electron chi connectivity index (χ1n) is 17.2. The number of anilines is 1. The SMILES string of the molecule is C=CCN(Cn1nnc2ccccc21)C(=O)C1N(CCCCCO)C(=O)[C@@H]2[C@H](C(=O)N(CC=C)c3ccc(OCC)cc3)[C@@H]3CC(C)C12S3. The molecule has 1 aromatic heterocycles. The van der Waals surface area contributed by atoms with Gasteiger partial charge in [0.05, 0.1) is 28.7 Å². The van der Waals surface area contributed by atoms with Gasteiger partial charge in [-0.1, -0.05) is 36.4 Å². The van der Waals surface area contributed by atoms with Gasteiger partial charge in [0.15, 0.2) is 0 Å². The molecular weight excluding hydrogens is 641 g/mol. The van der Waals surface area contributed by atoms with Crippen LogP contribution < -0.4 is 9.64 Å². The Bertz CT molecular complexity index is 1700. The lowest BCUT2D eigenvalue weighted by Gasteiger charge is -2.41.